The highest BCUT2D eigenvalue weighted by Crippen LogP contribution is 2.39. The van der Waals surface area contributed by atoms with Crippen molar-refractivity contribution in [2.24, 2.45) is 9.98 Å². The van der Waals surface area contributed by atoms with E-state index >= 15 is 0 Å². The fourth-order valence-electron chi connectivity index (χ4n) is 2.08. The summed E-state index contributed by atoms with van der Waals surface area (Å²) in [6.07, 6.45) is 3.74. The van der Waals surface area contributed by atoms with Crippen LogP contribution in [0, 0.1) is 0 Å². The van der Waals surface area contributed by atoms with Gasteiger partial charge in [-0.2, -0.15) is 9.98 Å². The fourth-order valence-corrected chi connectivity index (χ4v) is 2.08. The molecule has 1 aliphatic carbocycles. The van der Waals surface area contributed by atoms with Crippen LogP contribution in [0.15, 0.2) is 32.4 Å². The van der Waals surface area contributed by atoms with Crippen LogP contribution < -0.4 is 0 Å². The second-order valence-electron chi connectivity index (χ2n) is 4.24. The highest BCUT2D eigenvalue weighted by atomic mass is 16.1. The van der Waals surface area contributed by atoms with Crippen LogP contribution >= 0.6 is 0 Å². The van der Waals surface area contributed by atoms with Gasteiger partial charge in [-0.3, -0.25) is 0 Å². The average molecular weight is 218 g/mol. The summed E-state index contributed by atoms with van der Waals surface area (Å²) in [6.45, 7) is 7.52. The third-order valence-electron chi connectivity index (χ3n) is 3.19. The molecule has 4 nitrogen and oxygen atoms in total. The quantitative estimate of drug-likeness (QED) is 0.528. The molecule has 84 valence electrons. The summed E-state index contributed by atoms with van der Waals surface area (Å²) in [7, 11) is 0. The van der Waals surface area contributed by atoms with Gasteiger partial charge in [0.05, 0.1) is 11.2 Å². The summed E-state index contributed by atoms with van der Waals surface area (Å²) in [5.74, 6) is 0. The standard InChI is InChI=1S/C12H14N2O2/c1-8-5-12(4,14-7-16)10(3)9(2)11(8)13-6-15/h5H2,1-4H3. The van der Waals surface area contributed by atoms with Gasteiger partial charge in [0.25, 0.3) is 0 Å². The van der Waals surface area contributed by atoms with Crippen LogP contribution in [0.25, 0.3) is 0 Å². The van der Waals surface area contributed by atoms with Gasteiger partial charge in [-0.25, -0.2) is 9.59 Å². The fraction of sp³-hybridized carbons (Fsp3) is 0.500. The topological polar surface area (TPSA) is 58.9 Å². The van der Waals surface area contributed by atoms with E-state index in [9.17, 15) is 9.59 Å². The molecule has 0 amide bonds. The van der Waals surface area contributed by atoms with Gasteiger partial charge in [-0.15, -0.1) is 0 Å². The van der Waals surface area contributed by atoms with Crippen LogP contribution in [0.5, 0.6) is 0 Å². The predicted octanol–water partition coefficient (Wildman–Crippen LogP) is 2.43. The molecule has 1 unspecified atom stereocenters. The molecule has 0 radical (unpaired) electrons. The van der Waals surface area contributed by atoms with Crippen molar-refractivity contribution in [3.8, 4) is 0 Å². The molecule has 0 aromatic carbocycles. The molecule has 0 saturated carbocycles. The van der Waals surface area contributed by atoms with E-state index in [-0.39, 0.29) is 0 Å². The number of hydrogen-bond donors (Lipinski definition) is 0. The van der Waals surface area contributed by atoms with E-state index in [4.69, 9.17) is 0 Å². The van der Waals surface area contributed by atoms with E-state index in [0.29, 0.717) is 12.1 Å². The summed E-state index contributed by atoms with van der Waals surface area (Å²) in [5, 5.41) is 0. The third kappa shape index (κ3) is 1.94. The Hall–Kier alpha value is -1.76. The van der Waals surface area contributed by atoms with Crippen LogP contribution in [0.2, 0.25) is 0 Å². The SMILES string of the molecule is CC1=C(N=C=O)C(C)=C(C)C(C)(N=C=O)C1. The predicted molar refractivity (Wildman–Crippen MR) is 60.3 cm³/mol. The normalized spacial score (nSPS) is 25.0. The van der Waals surface area contributed by atoms with Crippen molar-refractivity contribution in [3.63, 3.8) is 0 Å². The van der Waals surface area contributed by atoms with E-state index in [2.05, 4.69) is 9.98 Å². The number of nitrogens with zero attached hydrogens (tertiary/aromatic N) is 2. The molecule has 0 aromatic rings. The smallest absolute Gasteiger partial charge is 0.211 e. The van der Waals surface area contributed by atoms with Crippen molar-refractivity contribution in [3.05, 3.63) is 22.4 Å². The molecule has 0 spiro atoms. The number of aliphatic imine (C=N–C) groups is 2. The second-order valence-corrected chi connectivity index (χ2v) is 4.24. The lowest BCUT2D eigenvalue weighted by Crippen LogP contribution is -2.28. The van der Waals surface area contributed by atoms with Crippen molar-refractivity contribution < 1.29 is 9.59 Å². The maximum absolute atomic E-state index is 10.4. The van der Waals surface area contributed by atoms with E-state index in [0.717, 1.165) is 16.7 Å². The van der Waals surface area contributed by atoms with Gasteiger partial charge in [-0.05, 0) is 44.4 Å². The number of allylic oxidation sites excluding steroid dienone is 1. The summed E-state index contributed by atoms with van der Waals surface area (Å²) in [4.78, 5) is 28.3. The molecule has 1 rings (SSSR count). The average Bonchev–Trinajstić information content (AvgIpc) is 2.22. The lowest BCUT2D eigenvalue weighted by Gasteiger charge is -2.31. The Morgan fingerprint density at radius 3 is 2.31 bits per heavy atom. The molecule has 0 fully saturated rings. The van der Waals surface area contributed by atoms with E-state index in [1.165, 1.54) is 0 Å². The summed E-state index contributed by atoms with van der Waals surface area (Å²) >= 11 is 0. The highest BCUT2D eigenvalue weighted by Gasteiger charge is 2.33. The lowest BCUT2D eigenvalue weighted by molar-refractivity contribution is 0.507. The van der Waals surface area contributed by atoms with Gasteiger partial charge in [0.15, 0.2) is 0 Å². The van der Waals surface area contributed by atoms with Gasteiger partial charge < -0.3 is 0 Å². The van der Waals surface area contributed by atoms with Crippen molar-refractivity contribution in [2.45, 2.75) is 39.7 Å². The summed E-state index contributed by atoms with van der Waals surface area (Å²) in [6, 6.07) is 0. The number of rotatable bonds is 2. The largest absolute Gasteiger partial charge is 0.240 e. The van der Waals surface area contributed by atoms with Crippen LogP contribution in [-0.2, 0) is 9.59 Å². The Morgan fingerprint density at radius 2 is 1.81 bits per heavy atom. The van der Waals surface area contributed by atoms with Crippen LogP contribution in [0.4, 0.5) is 0 Å². The molecule has 0 aliphatic heterocycles. The Balaban J connectivity index is 3.38. The maximum Gasteiger partial charge on any atom is 0.240 e. The van der Waals surface area contributed by atoms with Crippen molar-refractivity contribution >= 4 is 12.2 Å². The van der Waals surface area contributed by atoms with E-state index < -0.39 is 5.54 Å². The minimum Gasteiger partial charge on any atom is -0.211 e. The molecule has 0 heterocycles. The first kappa shape index (κ1) is 12.3. The molecule has 0 N–H and O–H groups in total. The first-order chi connectivity index (χ1) is 7.46. The van der Waals surface area contributed by atoms with Gasteiger partial charge in [0, 0.05) is 6.42 Å². The number of carbonyl (C=O) groups excluding carboxylic acids is 2. The Kier molecular flexibility index (Phi) is 3.38. The summed E-state index contributed by atoms with van der Waals surface area (Å²) in [5.41, 5.74) is 2.86. The molecular weight excluding hydrogens is 204 g/mol. The number of hydrogen-bond acceptors (Lipinski definition) is 4. The molecule has 4 heteroatoms. The minimum absolute atomic E-state index is 0.558. The third-order valence-corrected chi connectivity index (χ3v) is 3.19. The Morgan fingerprint density at radius 1 is 1.19 bits per heavy atom. The molecule has 0 bridgehead atoms. The zero-order chi connectivity index (χ0) is 12.3. The minimum atomic E-state index is -0.558. The van der Waals surface area contributed by atoms with Gasteiger partial charge in [-0.1, -0.05) is 0 Å². The highest BCUT2D eigenvalue weighted by molar-refractivity contribution is 5.51. The van der Waals surface area contributed by atoms with Crippen molar-refractivity contribution in [1.29, 1.82) is 0 Å². The van der Waals surface area contributed by atoms with Gasteiger partial charge >= 0.3 is 0 Å². The monoisotopic (exact) mass is 218 g/mol. The van der Waals surface area contributed by atoms with Gasteiger partial charge in [0.2, 0.25) is 12.2 Å². The Bertz CT molecular complexity index is 475. The molecule has 0 saturated heterocycles. The molecular formula is C12H14N2O2. The van der Waals surface area contributed by atoms with E-state index in [1.807, 2.05) is 27.7 Å². The summed E-state index contributed by atoms with van der Waals surface area (Å²) < 4.78 is 0. The molecule has 0 aromatic heterocycles. The maximum atomic E-state index is 10.4. The lowest BCUT2D eigenvalue weighted by atomic mass is 9.78. The zero-order valence-corrected chi connectivity index (χ0v) is 9.92. The first-order valence-electron chi connectivity index (χ1n) is 5.01. The van der Waals surface area contributed by atoms with Gasteiger partial charge in [0.1, 0.15) is 0 Å². The van der Waals surface area contributed by atoms with Crippen LogP contribution in [-0.4, -0.2) is 17.7 Å². The Labute approximate surface area is 94.5 Å². The van der Waals surface area contributed by atoms with E-state index in [1.54, 1.807) is 12.2 Å². The zero-order valence-electron chi connectivity index (χ0n) is 9.92. The second kappa shape index (κ2) is 4.40. The molecule has 1 atom stereocenters. The first-order valence-corrected chi connectivity index (χ1v) is 5.01. The van der Waals surface area contributed by atoms with Crippen molar-refractivity contribution in [2.75, 3.05) is 0 Å². The molecule has 1 aliphatic rings. The van der Waals surface area contributed by atoms with Crippen LogP contribution in [0.1, 0.15) is 34.1 Å². The van der Waals surface area contributed by atoms with Crippen LogP contribution in [0.3, 0.4) is 0 Å². The number of isocyanates is 2. The molecule has 16 heavy (non-hydrogen) atoms. The van der Waals surface area contributed by atoms with Crippen molar-refractivity contribution in [1.82, 2.24) is 0 Å².